The lowest BCUT2D eigenvalue weighted by atomic mass is 10.0. The van der Waals surface area contributed by atoms with E-state index in [2.05, 4.69) is 5.32 Å². The molecule has 2 aliphatic rings. The van der Waals surface area contributed by atoms with Crippen LogP contribution in [0.2, 0.25) is 0 Å². The standard InChI is InChI=1S/C14H19NO4S/c1-14(2)9-20(16,17)8-11(15-14)10-3-4-12-13(7-10)19-6-5-18-12/h3-4,7,11,15H,5-6,8-9H2,1-2H3. The Morgan fingerprint density at radius 2 is 1.90 bits per heavy atom. The number of fused-ring (bicyclic) bond motifs is 1. The van der Waals surface area contributed by atoms with Crippen LogP contribution in [0.3, 0.4) is 0 Å². The minimum atomic E-state index is -3.04. The minimum absolute atomic E-state index is 0.121. The molecule has 0 radical (unpaired) electrons. The van der Waals surface area contributed by atoms with E-state index in [0.717, 1.165) is 11.3 Å². The lowest BCUT2D eigenvalue weighted by Gasteiger charge is -2.37. The fourth-order valence-electron chi connectivity index (χ4n) is 2.87. The summed E-state index contributed by atoms with van der Waals surface area (Å²) in [6.45, 7) is 4.90. The molecule has 5 nitrogen and oxygen atoms in total. The van der Waals surface area contributed by atoms with Gasteiger partial charge in [0.25, 0.3) is 0 Å². The largest absolute Gasteiger partial charge is 0.486 e. The molecule has 1 N–H and O–H groups in total. The van der Waals surface area contributed by atoms with E-state index in [0.29, 0.717) is 19.0 Å². The predicted octanol–water partition coefficient (Wildman–Crippen LogP) is 1.30. The Bertz CT molecular complexity index is 624. The fraction of sp³-hybridized carbons (Fsp3) is 0.571. The van der Waals surface area contributed by atoms with Gasteiger partial charge in [-0.1, -0.05) is 6.07 Å². The van der Waals surface area contributed by atoms with Crippen LogP contribution in [0.5, 0.6) is 11.5 Å². The third kappa shape index (κ3) is 2.76. The van der Waals surface area contributed by atoms with Crippen molar-refractivity contribution < 1.29 is 17.9 Å². The van der Waals surface area contributed by atoms with E-state index in [4.69, 9.17) is 9.47 Å². The first-order valence-corrected chi connectivity index (χ1v) is 8.54. The lowest BCUT2D eigenvalue weighted by Crippen LogP contribution is -2.54. The SMILES string of the molecule is CC1(C)CS(=O)(=O)CC(c2ccc3c(c2)OCCO3)N1. The molecule has 0 aromatic heterocycles. The molecule has 1 saturated heterocycles. The van der Waals surface area contributed by atoms with E-state index < -0.39 is 15.4 Å². The molecule has 3 rings (SSSR count). The lowest BCUT2D eigenvalue weighted by molar-refractivity contribution is 0.171. The highest BCUT2D eigenvalue weighted by molar-refractivity contribution is 7.91. The summed E-state index contributed by atoms with van der Waals surface area (Å²) in [6.07, 6.45) is 0. The molecule has 2 aliphatic heterocycles. The van der Waals surface area contributed by atoms with E-state index in [1.54, 1.807) is 0 Å². The average molecular weight is 297 g/mol. The zero-order valence-electron chi connectivity index (χ0n) is 11.7. The van der Waals surface area contributed by atoms with Gasteiger partial charge in [-0.05, 0) is 31.5 Å². The van der Waals surface area contributed by atoms with Gasteiger partial charge in [0.1, 0.15) is 13.2 Å². The van der Waals surface area contributed by atoms with Gasteiger partial charge in [-0.15, -0.1) is 0 Å². The van der Waals surface area contributed by atoms with Crippen LogP contribution in [0, 0.1) is 0 Å². The van der Waals surface area contributed by atoms with Gasteiger partial charge in [0.15, 0.2) is 21.3 Å². The Kier molecular flexibility index (Phi) is 3.17. The van der Waals surface area contributed by atoms with Crippen LogP contribution in [0.15, 0.2) is 18.2 Å². The molecule has 0 saturated carbocycles. The van der Waals surface area contributed by atoms with Crippen molar-refractivity contribution in [3.63, 3.8) is 0 Å². The highest BCUT2D eigenvalue weighted by atomic mass is 32.2. The molecule has 0 bridgehead atoms. The summed E-state index contributed by atoms with van der Waals surface area (Å²) in [4.78, 5) is 0. The number of ether oxygens (including phenoxy) is 2. The quantitative estimate of drug-likeness (QED) is 0.846. The number of benzene rings is 1. The molecule has 1 fully saturated rings. The minimum Gasteiger partial charge on any atom is -0.486 e. The van der Waals surface area contributed by atoms with Crippen LogP contribution in [-0.4, -0.2) is 38.7 Å². The van der Waals surface area contributed by atoms with Crippen molar-refractivity contribution in [1.29, 1.82) is 0 Å². The van der Waals surface area contributed by atoms with Gasteiger partial charge in [0.05, 0.1) is 11.5 Å². The Morgan fingerprint density at radius 1 is 1.20 bits per heavy atom. The van der Waals surface area contributed by atoms with Crippen molar-refractivity contribution in [2.45, 2.75) is 25.4 Å². The normalized spacial score (nSPS) is 27.0. The highest BCUT2D eigenvalue weighted by Crippen LogP contribution is 2.34. The van der Waals surface area contributed by atoms with Crippen molar-refractivity contribution in [2.24, 2.45) is 0 Å². The Labute approximate surface area is 119 Å². The first-order chi connectivity index (χ1) is 9.35. The molecule has 0 spiro atoms. The first-order valence-electron chi connectivity index (χ1n) is 6.72. The van der Waals surface area contributed by atoms with Crippen LogP contribution in [0.1, 0.15) is 25.5 Å². The van der Waals surface area contributed by atoms with Gasteiger partial charge >= 0.3 is 0 Å². The van der Waals surface area contributed by atoms with Gasteiger partial charge in [-0.25, -0.2) is 8.42 Å². The second kappa shape index (κ2) is 4.63. The Hall–Kier alpha value is -1.27. The number of sulfone groups is 1. The summed E-state index contributed by atoms with van der Waals surface area (Å²) in [5.41, 5.74) is 0.500. The Morgan fingerprint density at radius 3 is 2.60 bits per heavy atom. The van der Waals surface area contributed by atoms with E-state index in [9.17, 15) is 8.42 Å². The van der Waals surface area contributed by atoms with Crippen LogP contribution >= 0.6 is 0 Å². The summed E-state index contributed by atoms with van der Waals surface area (Å²) in [6, 6.07) is 5.42. The molecular formula is C14H19NO4S. The zero-order chi connectivity index (χ0) is 14.4. The van der Waals surface area contributed by atoms with Crippen LogP contribution < -0.4 is 14.8 Å². The maximum Gasteiger partial charge on any atom is 0.161 e. The van der Waals surface area contributed by atoms with E-state index in [1.807, 2.05) is 32.0 Å². The van der Waals surface area contributed by atoms with Crippen LogP contribution in [0.25, 0.3) is 0 Å². The zero-order valence-corrected chi connectivity index (χ0v) is 12.5. The number of hydrogen-bond donors (Lipinski definition) is 1. The maximum atomic E-state index is 12.0. The molecule has 2 heterocycles. The Balaban J connectivity index is 1.92. The van der Waals surface area contributed by atoms with Gasteiger partial charge in [-0.2, -0.15) is 0 Å². The summed E-state index contributed by atoms with van der Waals surface area (Å²) in [5.74, 6) is 1.70. The third-order valence-corrected chi connectivity index (χ3v) is 5.54. The van der Waals surface area contributed by atoms with Gasteiger partial charge in [0, 0.05) is 11.6 Å². The molecule has 1 aromatic carbocycles. The molecule has 1 unspecified atom stereocenters. The molecule has 6 heteroatoms. The van der Waals surface area contributed by atoms with Crippen molar-refractivity contribution in [3.8, 4) is 11.5 Å². The molecule has 1 aromatic rings. The first kappa shape index (κ1) is 13.7. The summed E-state index contributed by atoms with van der Waals surface area (Å²) in [5, 5.41) is 3.40. The van der Waals surface area contributed by atoms with Crippen molar-refractivity contribution in [3.05, 3.63) is 23.8 Å². The number of rotatable bonds is 1. The van der Waals surface area contributed by atoms with Gasteiger partial charge < -0.3 is 14.8 Å². The maximum absolute atomic E-state index is 12.0. The molecule has 0 amide bonds. The van der Waals surface area contributed by atoms with Crippen LogP contribution in [-0.2, 0) is 9.84 Å². The van der Waals surface area contributed by atoms with E-state index in [-0.39, 0.29) is 17.5 Å². The van der Waals surface area contributed by atoms with E-state index >= 15 is 0 Å². The molecule has 1 atom stereocenters. The fourth-order valence-corrected chi connectivity index (χ4v) is 4.96. The second-order valence-electron chi connectivity index (χ2n) is 6.04. The second-order valence-corrected chi connectivity index (χ2v) is 8.15. The average Bonchev–Trinajstić information content (AvgIpc) is 2.34. The molecule has 20 heavy (non-hydrogen) atoms. The van der Waals surface area contributed by atoms with Gasteiger partial charge in [-0.3, -0.25) is 0 Å². The van der Waals surface area contributed by atoms with Crippen molar-refractivity contribution in [1.82, 2.24) is 5.32 Å². The van der Waals surface area contributed by atoms with Gasteiger partial charge in [0.2, 0.25) is 0 Å². The summed E-state index contributed by atoms with van der Waals surface area (Å²) >= 11 is 0. The van der Waals surface area contributed by atoms with Crippen molar-refractivity contribution >= 4 is 9.84 Å². The van der Waals surface area contributed by atoms with Crippen LogP contribution in [0.4, 0.5) is 0 Å². The number of nitrogens with one attached hydrogen (secondary N) is 1. The molecular weight excluding hydrogens is 278 g/mol. The summed E-state index contributed by atoms with van der Waals surface area (Å²) in [7, 11) is -3.04. The smallest absolute Gasteiger partial charge is 0.161 e. The third-order valence-electron chi connectivity index (χ3n) is 3.53. The number of hydrogen-bond acceptors (Lipinski definition) is 5. The molecule has 110 valence electrons. The summed E-state index contributed by atoms with van der Waals surface area (Å²) < 4.78 is 35.1. The highest BCUT2D eigenvalue weighted by Gasteiger charge is 2.37. The topological polar surface area (TPSA) is 64.6 Å². The van der Waals surface area contributed by atoms with E-state index in [1.165, 1.54) is 0 Å². The predicted molar refractivity (Wildman–Crippen MR) is 76.0 cm³/mol. The molecule has 0 aliphatic carbocycles. The monoisotopic (exact) mass is 297 g/mol. The van der Waals surface area contributed by atoms with Crippen molar-refractivity contribution in [2.75, 3.05) is 24.7 Å².